The second-order valence-electron chi connectivity index (χ2n) is 21.7. The highest BCUT2D eigenvalue weighted by Gasteiger charge is 2.22. The van der Waals surface area contributed by atoms with Crippen molar-refractivity contribution < 1.29 is 42.1 Å². The van der Waals surface area contributed by atoms with Gasteiger partial charge in [-0.3, -0.25) is 14.2 Å². The Morgan fingerprint density at radius 1 is 0.437 bits per heavy atom. The lowest BCUT2D eigenvalue weighted by Crippen LogP contribution is -2.37. The maximum atomic E-state index is 12.8. The van der Waals surface area contributed by atoms with Crippen LogP contribution in [0.1, 0.15) is 290 Å². The van der Waals surface area contributed by atoms with E-state index >= 15 is 0 Å². The number of hydrogen-bond acceptors (Lipinski definition) is 8. The van der Waals surface area contributed by atoms with Crippen molar-refractivity contribution in [3.05, 3.63) is 36.5 Å². The largest absolute Gasteiger partial charge is 0.756 e. The molecular formula is C61H116NO8P. The molecule has 2 atom stereocenters. The lowest BCUT2D eigenvalue weighted by molar-refractivity contribution is -0.870. The summed E-state index contributed by atoms with van der Waals surface area (Å²) in [5.41, 5.74) is 0. The molecule has 0 N–H and O–H groups in total. The third-order valence-electron chi connectivity index (χ3n) is 13.4. The molecule has 2 unspecified atom stereocenters. The fourth-order valence-electron chi connectivity index (χ4n) is 8.72. The normalized spacial score (nSPS) is 13.5. The van der Waals surface area contributed by atoms with Gasteiger partial charge in [-0.05, 0) is 51.4 Å². The molecule has 0 aliphatic heterocycles. The van der Waals surface area contributed by atoms with Crippen molar-refractivity contribution in [3.63, 3.8) is 0 Å². The first-order chi connectivity index (χ1) is 34.5. The first kappa shape index (κ1) is 69.2. The fraction of sp³-hybridized carbons (Fsp3) is 0.869. The molecular weight excluding hydrogens is 906 g/mol. The number of phosphoric acid groups is 1. The molecule has 0 aliphatic carbocycles. The van der Waals surface area contributed by atoms with E-state index in [1.165, 1.54) is 186 Å². The number of rotatable bonds is 56. The fourth-order valence-corrected chi connectivity index (χ4v) is 9.45. The van der Waals surface area contributed by atoms with Crippen LogP contribution >= 0.6 is 7.82 Å². The van der Waals surface area contributed by atoms with E-state index in [-0.39, 0.29) is 32.0 Å². The monoisotopic (exact) mass is 1020 g/mol. The van der Waals surface area contributed by atoms with Gasteiger partial charge in [-0.25, -0.2) is 0 Å². The van der Waals surface area contributed by atoms with Crippen molar-refractivity contribution in [2.24, 2.45) is 0 Å². The summed E-state index contributed by atoms with van der Waals surface area (Å²) in [6.07, 6.45) is 64.9. The minimum absolute atomic E-state index is 0.0325. The van der Waals surface area contributed by atoms with Crippen LogP contribution in [0.3, 0.4) is 0 Å². The summed E-state index contributed by atoms with van der Waals surface area (Å²) in [6.45, 7) is 4.24. The van der Waals surface area contributed by atoms with Gasteiger partial charge in [-0.15, -0.1) is 0 Å². The Hall–Kier alpha value is -1.77. The Kier molecular flexibility index (Phi) is 51.7. The minimum atomic E-state index is -4.64. The number of allylic oxidation sites excluding steroid dienone is 6. The summed E-state index contributed by atoms with van der Waals surface area (Å²) >= 11 is 0. The lowest BCUT2D eigenvalue weighted by Gasteiger charge is -2.28. The molecule has 0 spiro atoms. The number of carbonyl (C=O) groups excluding carboxylic acids is 2. The highest BCUT2D eigenvalue weighted by atomic mass is 31.2. The molecule has 0 saturated carbocycles. The SMILES string of the molecule is CCCCC/C=C\C/C=C\C/C=C\CCCCCCCCC(=O)OC(COC(=O)CCCCCCCCCCCCCCCCCCCCCCCCCCCCCC)COP(=O)([O-])OCC[N+](C)(C)C. The molecule has 10 heteroatoms. The van der Waals surface area contributed by atoms with Crippen LogP contribution in [0.25, 0.3) is 0 Å². The third kappa shape index (κ3) is 57.4. The van der Waals surface area contributed by atoms with Gasteiger partial charge in [0.05, 0.1) is 27.7 Å². The Bertz CT molecular complexity index is 1300. The van der Waals surface area contributed by atoms with E-state index in [4.69, 9.17) is 18.5 Å². The maximum absolute atomic E-state index is 12.8. The van der Waals surface area contributed by atoms with Gasteiger partial charge in [0.2, 0.25) is 0 Å². The minimum Gasteiger partial charge on any atom is -0.756 e. The van der Waals surface area contributed by atoms with Crippen molar-refractivity contribution in [1.29, 1.82) is 0 Å². The summed E-state index contributed by atoms with van der Waals surface area (Å²) in [4.78, 5) is 37.9. The predicted molar refractivity (Wildman–Crippen MR) is 301 cm³/mol. The van der Waals surface area contributed by atoms with Crippen molar-refractivity contribution in [2.45, 2.75) is 296 Å². The van der Waals surface area contributed by atoms with Crippen LogP contribution < -0.4 is 4.89 Å². The van der Waals surface area contributed by atoms with Crippen LogP contribution in [0, 0.1) is 0 Å². The van der Waals surface area contributed by atoms with Gasteiger partial charge < -0.3 is 27.9 Å². The van der Waals surface area contributed by atoms with Crippen LogP contribution in [0.5, 0.6) is 0 Å². The molecule has 418 valence electrons. The number of nitrogens with zero attached hydrogens (tertiary/aromatic N) is 1. The van der Waals surface area contributed by atoms with Gasteiger partial charge in [-0.1, -0.05) is 262 Å². The van der Waals surface area contributed by atoms with E-state index in [9.17, 15) is 19.0 Å². The van der Waals surface area contributed by atoms with Crippen molar-refractivity contribution in [2.75, 3.05) is 47.5 Å². The number of phosphoric ester groups is 1. The van der Waals surface area contributed by atoms with Gasteiger partial charge in [0.1, 0.15) is 19.8 Å². The summed E-state index contributed by atoms with van der Waals surface area (Å²) in [5.74, 6) is -0.835. The van der Waals surface area contributed by atoms with Gasteiger partial charge >= 0.3 is 11.9 Å². The van der Waals surface area contributed by atoms with E-state index in [2.05, 4.69) is 50.3 Å². The van der Waals surface area contributed by atoms with Gasteiger partial charge in [0.25, 0.3) is 7.82 Å². The molecule has 71 heavy (non-hydrogen) atoms. The van der Waals surface area contributed by atoms with Crippen LogP contribution in [0.2, 0.25) is 0 Å². The maximum Gasteiger partial charge on any atom is 0.306 e. The van der Waals surface area contributed by atoms with Crippen LogP contribution in [-0.4, -0.2) is 70.0 Å². The first-order valence-electron chi connectivity index (χ1n) is 30.2. The average molecular weight is 1020 g/mol. The number of esters is 2. The van der Waals surface area contributed by atoms with Gasteiger partial charge in [-0.2, -0.15) is 0 Å². The van der Waals surface area contributed by atoms with Crippen LogP contribution in [-0.2, 0) is 32.7 Å². The van der Waals surface area contributed by atoms with Crippen molar-refractivity contribution >= 4 is 19.8 Å². The molecule has 0 heterocycles. The molecule has 0 aliphatic rings. The molecule has 0 aromatic carbocycles. The topological polar surface area (TPSA) is 111 Å². The highest BCUT2D eigenvalue weighted by molar-refractivity contribution is 7.45. The molecule has 0 radical (unpaired) electrons. The van der Waals surface area contributed by atoms with Crippen molar-refractivity contribution in [3.8, 4) is 0 Å². The number of likely N-dealkylation sites (N-methyl/N-ethyl adjacent to an activating group) is 1. The second kappa shape index (κ2) is 53.1. The molecule has 0 bridgehead atoms. The van der Waals surface area contributed by atoms with Gasteiger partial charge in [0, 0.05) is 12.8 Å². The lowest BCUT2D eigenvalue weighted by atomic mass is 10.0. The smallest absolute Gasteiger partial charge is 0.306 e. The highest BCUT2D eigenvalue weighted by Crippen LogP contribution is 2.38. The molecule has 0 aromatic rings. The third-order valence-corrected chi connectivity index (χ3v) is 14.4. The molecule has 9 nitrogen and oxygen atoms in total. The Morgan fingerprint density at radius 2 is 0.761 bits per heavy atom. The van der Waals surface area contributed by atoms with Gasteiger partial charge in [0.15, 0.2) is 6.10 Å². The zero-order chi connectivity index (χ0) is 52.0. The first-order valence-corrected chi connectivity index (χ1v) is 31.7. The summed E-state index contributed by atoms with van der Waals surface area (Å²) < 4.78 is 34.2. The van der Waals surface area contributed by atoms with Crippen LogP contribution in [0.15, 0.2) is 36.5 Å². The Balaban J connectivity index is 4.08. The number of quaternary nitrogens is 1. The number of unbranched alkanes of at least 4 members (excludes halogenated alkanes) is 36. The van der Waals surface area contributed by atoms with Crippen molar-refractivity contribution in [1.82, 2.24) is 0 Å². The summed E-state index contributed by atoms with van der Waals surface area (Å²) in [6, 6.07) is 0. The van der Waals surface area contributed by atoms with E-state index in [0.29, 0.717) is 17.4 Å². The van der Waals surface area contributed by atoms with E-state index in [1.54, 1.807) is 0 Å². The molecule has 0 amide bonds. The Labute approximate surface area is 440 Å². The second-order valence-corrected chi connectivity index (χ2v) is 23.1. The predicted octanol–water partition coefficient (Wildman–Crippen LogP) is 18.1. The van der Waals surface area contributed by atoms with E-state index < -0.39 is 26.5 Å². The average Bonchev–Trinajstić information content (AvgIpc) is 3.33. The molecule has 0 rings (SSSR count). The van der Waals surface area contributed by atoms with E-state index in [0.717, 1.165) is 70.6 Å². The number of carbonyl (C=O) groups is 2. The molecule has 0 aromatic heterocycles. The van der Waals surface area contributed by atoms with Crippen LogP contribution in [0.4, 0.5) is 0 Å². The molecule has 0 fully saturated rings. The Morgan fingerprint density at radius 3 is 1.15 bits per heavy atom. The number of ether oxygens (including phenoxy) is 2. The van der Waals surface area contributed by atoms with E-state index in [1.807, 2.05) is 21.1 Å². The summed E-state index contributed by atoms with van der Waals surface area (Å²) in [5, 5.41) is 0. The summed E-state index contributed by atoms with van der Waals surface area (Å²) in [7, 11) is 1.17. The standard InChI is InChI=1S/C61H116NO8P/c1-6-8-10-12-14-16-18-20-22-24-26-27-28-29-30-31-32-33-34-36-37-39-41-43-45-47-49-51-53-60(63)67-57-59(58-69-71(65,66)68-56-55-62(3,4)5)70-61(64)54-52-50-48-46-44-42-40-38-35-25-23-21-19-17-15-13-11-9-7-2/h15,17,21,23,35,38,59H,6-14,16,18-20,22,24-34,36-37,39-58H2,1-5H3/b17-15-,23-21-,38-35-. The zero-order valence-corrected chi connectivity index (χ0v) is 48.3. The molecule has 0 saturated heterocycles. The number of hydrogen-bond donors (Lipinski definition) is 0. The zero-order valence-electron chi connectivity index (χ0n) is 47.4. The quantitative estimate of drug-likeness (QED) is 0.0195.